The van der Waals surface area contributed by atoms with Crippen molar-refractivity contribution in [3.63, 3.8) is 0 Å². The van der Waals surface area contributed by atoms with E-state index in [4.69, 9.17) is 16.2 Å². The maximum absolute atomic E-state index is 11.5. The Hall–Kier alpha value is -2.08. The number of primary amides is 1. The molecule has 0 saturated heterocycles. The van der Waals surface area contributed by atoms with Gasteiger partial charge in [-0.3, -0.25) is 9.59 Å². The average Bonchev–Trinajstić information content (AvgIpc) is 2.38. The van der Waals surface area contributed by atoms with E-state index in [0.29, 0.717) is 13.0 Å². The van der Waals surface area contributed by atoms with Gasteiger partial charge in [0.15, 0.2) is 0 Å². The van der Waals surface area contributed by atoms with Crippen LogP contribution in [-0.2, 0) is 16.0 Å². The van der Waals surface area contributed by atoms with Crippen LogP contribution in [0.15, 0.2) is 24.3 Å². The number of carbonyl (C=O) groups excluding carboxylic acids is 2. The Balaban J connectivity index is 2.32. The van der Waals surface area contributed by atoms with Crippen LogP contribution in [0.4, 0.5) is 0 Å². The lowest BCUT2D eigenvalue weighted by Crippen LogP contribution is -2.43. The summed E-state index contributed by atoms with van der Waals surface area (Å²) in [6.45, 7) is 0.456. The van der Waals surface area contributed by atoms with E-state index in [0.717, 1.165) is 11.3 Å². The van der Waals surface area contributed by atoms with Crippen molar-refractivity contribution in [1.82, 2.24) is 5.32 Å². The number of amides is 2. The van der Waals surface area contributed by atoms with Crippen LogP contribution in [0.5, 0.6) is 5.75 Å². The summed E-state index contributed by atoms with van der Waals surface area (Å²) in [5.41, 5.74) is 11.5. The number of rotatable bonds is 7. The quantitative estimate of drug-likeness (QED) is 0.621. The van der Waals surface area contributed by atoms with Crippen LogP contribution < -0.4 is 21.5 Å². The Kier molecular flexibility index (Phi) is 5.81. The highest BCUT2D eigenvalue weighted by atomic mass is 16.5. The third-order valence-corrected chi connectivity index (χ3v) is 2.63. The maximum Gasteiger partial charge on any atom is 0.237 e. The number of hydrogen-bond donors (Lipinski definition) is 3. The number of hydrogen-bond acceptors (Lipinski definition) is 4. The molecule has 6 heteroatoms. The summed E-state index contributed by atoms with van der Waals surface area (Å²) in [6.07, 6.45) is 0.535. The molecule has 0 spiro atoms. The summed E-state index contributed by atoms with van der Waals surface area (Å²) in [4.78, 5) is 22.1. The molecule has 0 heterocycles. The topological polar surface area (TPSA) is 107 Å². The molecular weight excluding hydrogens is 246 g/mol. The van der Waals surface area contributed by atoms with Crippen LogP contribution in [-0.4, -0.2) is 31.5 Å². The van der Waals surface area contributed by atoms with Crippen LogP contribution in [0.3, 0.4) is 0 Å². The standard InChI is InChI=1S/C13H19N3O3/c1-19-10-4-2-9(3-5-10)6-7-16-13(18)11(14)8-12(15)17/h2-5,11H,6-8,14H2,1H3,(H2,15,17)(H,16,18). The van der Waals surface area contributed by atoms with Crippen molar-refractivity contribution in [2.24, 2.45) is 11.5 Å². The fourth-order valence-electron chi connectivity index (χ4n) is 1.56. The summed E-state index contributed by atoms with van der Waals surface area (Å²) in [5, 5.41) is 2.66. The predicted molar refractivity (Wildman–Crippen MR) is 71.5 cm³/mol. The highest BCUT2D eigenvalue weighted by Gasteiger charge is 2.14. The van der Waals surface area contributed by atoms with Gasteiger partial charge in [-0.15, -0.1) is 0 Å². The van der Waals surface area contributed by atoms with Gasteiger partial charge in [0.1, 0.15) is 5.75 Å². The second kappa shape index (κ2) is 7.38. The van der Waals surface area contributed by atoms with Gasteiger partial charge in [-0.1, -0.05) is 12.1 Å². The van der Waals surface area contributed by atoms with Gasteiger partial charge in [-0.05, 0) is 24.1 Å². The van der Waals surface area contributed by atoms with Crippen LogP contribution in [0.1, 0.15) is 12.0 Å². The molecule has 5 N–H and O–H groups in total. The zero-order valence-corrected chi connectivity index (χ0v) is 10.9. The maximum atomic E-state index is 11.5. The van der Waals surface area contributed by atoms with Gasteiger partial charge in [-0.25, -0.2) is 0 Å². The monoisotopic (exact) mass is 265 g/mol. The fourth-order valence-corrected chi connectivity index (χ4v) is 1.56. The second-order valence-corrected chi connectivity index (χ2v) is 4.17. The summed E-state index contributed by atoms with van der Waals surface area (Å²) in [6, 6.07) is 6.68. The Morgan fingerprint density at radius 1 is 1.32 bits per heavy atom. The van der Waals surface area contributed by atoms with E-state index >= 15 is 0 Å². The molecule has 1 aromatic carbocycles. The van der Waals surface area contributed by atoms with E-state index < -0.39 is 11.9 Å². The number of nitrogens with two attached hydrogens (primary N) is 2. The van der Waals surface area contributed by atoms with Crippen molar-refractivity contribution in [2.75, 3.05) is 13.7 Å². The third-order valence-electron chi connectivity index (χ3n) is 2.63. The lowest BCUT2D eigenvalue weighted by atomic mass is 10.1. The smallest absolute Gasteiger partial charge is 0.237 e. The molecule has 1 aromatic rings. The Morgan fingerprint density at radius 2 is 1.95 bits per heavy atom. The minimum atomic E-state index is -0.881. The summed E-state index contributed by atoms with van der Waals surface area (Å²) in [5.74, 6) is -0.165. The fraction of sp³-hybridized carbons (Fsp3) is 0.385. The van der Waals surface area contributed by atoms with Gasteiger partial charge in [-0.2, -0.15) is 0 Å². The van der Waals surface area contributed by atoms with Crippen LogP contribution in [0.25, 0.3) is 0 Å². The molecule has 19 heavy (non-hydrogen) atoms. The molecule has 0 saturated carbocycles. The molecule has 0 bridgehead atoms. The molecule has 1 unspecified atom stereocenters. The van der Waals surface area contributed by atoms with Crippen molar-refractivity contribution in [3.05, 3.63) is 29.8 Å². The van der Waals surface area contributed by atoms with Gasteiger partial charge in [0, 0.05) is 6.54 Å². The van der Waals surface area contributed by atoms with E-state index in [1.807, 2.05) is 24.3 Å². The molecule has 104 valence electrons. The van der Waals surface area contributed by atoms with Gasteiger partial charge >= 0.3 is 0 Å². The van der Waals surface area contributed by atoms with Crippen molar-refractivity contribution < 1.29 is 14.3 Å². The predicted octanol–water partition coefficient (Wildman–Crippen LogP) is -0.443. The second-order valence-electron chi connectivity index (χ2n) is 4.17. The number of benzene rings is 1. The SMILES string of the molecule is COc1ccc(CCNC(=O)C(N)CC(N)=O)cc1. The summed E-state index contributed by atoms with van der Waals surface area (Å²) in [7, 11) is 1.61. The molecule has 1 rings (SSSR count). The van der Waals surface area contributed by atoms with E-state index in [-0.39, 0.29) is 12.3 Å². The van der Waals surface area contributed by atoms with Crippen molar-refractivity contribution >= 4 is 11.8 Å². The molecule has 1 atom stereocenters. The zero-order chi connectivity index (χ0) is 14.3. The first-order valence-corrected chi connectivity index (χ1v) is 5.97. The Labute approximate surface area is 112 Å². The van der Waals surface area contributed by atoms with Crippen LogP contribution >= 0.6 is 0 Å². The molecule has 0 aliphatic rings. The molecule has 0 radical (unpaired) electrons. The average molecular weight is 265 g/mol. The summed E-state index contributed by atoms with van der Waals surface area (Å²) < 4.78 is 5.05. The van der Waals surface area contributed by atoms with Crippen molar-refractivity contribution in [2.45, 2.75) is 18.9 Å². The summed E-state index contributed by atoms with van der Waals surface area (Å²) >= 11 is 0. The van der Waals surface area contributed by atoms with Crippen molar-refractivity contribution in [3.8, 4) is 5.75 Å². The lowest BCUT2D eigenvalue weighted by Gasteiger charge is -2.10. The first kappa shape index (κ1) is 15.0. The van der Waals surface area contributed by atoms with Gasteiger partial charge in [0.25, 0.3) is 0 Å². The third kappa shape index (κ3) is 5.39. The van der Waals surface area contributed by atoms with Crippen LogP contribution in [0, 0.1) is 0 Å². The van der Waals surface area contributed by atoms with Crippen molar-refractivity contribution in [1.29, 1.82) is 0 Å². The molecule has 0 fully saturated rings. The van der Waals surface area contributed by atoms with E-state index in [9.17, 15) is 9.59 Å². The molecule has 0 aliphatic heterocycles. The largest absolute Gasteiger partial charge is 0.497 e. The van der Waals surface area contributed by atoms with Crippen LogP contribution in [0.2, 0.25) is 0 Å². The van der Waals surface area contributed by atoms with E-state index in [1.165, 1.54) is 0 Å². The number of methoxy groups -OCH3 is 1. The van der Waals surface area contributed by atoms with Gasteiger partial charge < -0.3 is 21.5 Å². The van der Waals surface area contributed by atoms with E-state index in [2.05, 4.69) is 5.32 Å². The normalized spacial score (nSPS) is 11.7. The van der Waals surface area contributed by atoms with E-state index in [1.54, 1.807) is 7.11 Å². The Bertz CT molecular complexity index is 431. The lowest BCUT2D eigenvalue weighted by molar-refractivity contribution is -0.126. The number of ether oxygens (including phenoxy) is 1. The molecule has 0 aromatic heterocycles. The minimum Gasteiger partial charge on any atom is -0.497 e. The first-order valence-electron chi connectivity index (χ1n) is 5.97. The minimum absolute atomic E-state index is 0.144. The zero-order valence-electron chi connectivity index (χ0n) is 10.9. The molecular formula is C13H19N3O3. The molecule has 2 amide bonds. The number of nitrogens with one attached hydrogen (secondary N) is 1. The number of carbonyl (C=O) groups is 2. The first-order chi connectivity index (χ1) is 9.02. The highest BCUT2D eigenvalue weighted by Crippen LogP contribution is 2.11. The highest BCUT2D eigenvalue weighted by molar-refractivity contribution is 5.87. The molecule has 0 aliphatic carbocycles. The molecule has 6 nitrogen and oxygen atoms in total. The van der Waals surface area contributed by atoms with Gasteiger partial charge in [0.2, 0.25) is 11.8 Å². The Morgan fingerprint density at radius 3 is 2.47 bits per heavy atom. The van der Waals surface area contributed by atoms with Gasteiger partial charge in [0.05, 0.1) is 19.6 Å².